The van der Waals surface area contributed by atoms with Crippen LogP contribution in [-0.2, 0) is 16.1 Å². The second kappa shape index (κ2) is 10.8. The molecule has 0 radical (unpaired) electrons. The summed E-state index contributed by atoms with van der Waals surface area (Å²) in [6.07, 6.45) is 4.87. The van der Waals surface area contributed by atoms with Crippen molar-refractivity contribution in [2.24, 2.45) is 0 Å². The number of halogens is 1. The molecule has 9 heteroatoms. The number of nitrogens with one attached hydrogen (secondary N) is 1. The summed E-state index contributed by atoms with van der Waals surface area (Å²) in [5.41, 5.74) is 3.56. The molecule has 0 bridgehead atoms. The van der Waals surface area contributed by atoms with Crippen LogP contribution in [0.15, 0.2) is 73.2 Å². The van der Waals surface area contributed by atoms with Crippen molar-refractivity contribution in [2.75, 3.05) is 19.0 Å². The van der Waals surface area contributed by atoms with E-state index in [2.05, 4.69) is 15.4 Å². The lowest BCUT2D eigenvalue weighted by Crippen LogP contribution is -2.21. The first kappa shape index (κ1) is 24.0. The Hall–Kier alpha value is -4.17. The van der Waals surface area contributed by atoms with Crippen LogP contribution in [0.2, 0.25) is 5.02 Å². The van der Waals surface area contributed by atoms with Crippen LogP contribution in [0, 0.1) is 6.92 Å². The number of carbonyl (C=O) groups excluding carboxylic acids is 2. The number of methoxy groups -OCH3 is 1. The number of rotatable bonds is 8. The number of aryl methyl sites for hydroxylation is 1. The maximum absolute atomic E-state index is 13.0. The number of aromatic nitrogens is 3. The van der Waals surface area contributed by atoms with E-state index in [1.807, 2.05) is 37.3 Å². The molecule has 0 spiro atoms. The number of ether oxygens (including phenoxy) is 2. The van der Waals surface area contributed by atoms with Gasteiger partial charge in [-0.15, -0.1) is 0 Å². The molecule has 4 aromatic rings. The van der Waals surface area contributed by atoms with Crippen molar-refractivity contribution < 1.29 is 19.1 Å². The van der Waals surface area contributed by atoms with Crippen molar-refractivity contribution in [1.82, 2.24) is 14.8 Å². The predicted molar refractivity (Wildman–Crippen MR) is 133 cm³/mol. The lowest BCUT2D eigenvalue weighted by atomic mass is 10.1. The van der Waals surface area contributed by atoms with Gasteiger partial charge in [0.25, 0.3) is 5.91 Å². The topological polar surface area (TPSA) is 95.3 Å². The van der Waals surface area contributed by atoms with Crippen LogP contribution >= 0.6 is 11.6 Å². The van der Waals surface area contributed by atoms with Crippen molar-refractivity contribution in [2.45, 2.75) is 13.5 Å². The monoisotopic (exact) mass is 490 g/mol. The van der Waals surface area contributed by atoms with Crippen LogP contribution in [-0.4, -0.2) is 40.4 Å². The van der Waals surface area contributed by atoms with Gasteiger partial charge in [-0.1, -0.05) is 41.9 Å². The summed E-state index contributed by atoms with van der Waals surface area (Å²) >= 11 is 6.12. The van der Waals surface area contributed by atoms with Gasteiger partial charge in [0, 0.05) is 35.2 Å². The van der Waals surface area contributed by atoms with Gasteiger partial charge in [-0.05, 0) is 36.2 Å². The molecule has 2 aromatic carbocycles. The highest BCUT2D eigenvalue weighted by molar-refractivity contribution is 6.31. The summed E-state index contributed by atoms with van der Waals surface area (Å²) in [7, 11) is 1.48. The maximum atomic E-state index is 13.0. The van der Waals surface area contributed by atoms with E-state index in [0.717, 1.165) is 11.1 Å². The van der Waals surface area contributed by atoms with Gasteiger partial charge < -0.3 is 14.8 Å². The summed E-state index contributed by atoms with van der Waals surface area (Å²) in [4.78, 5) is 29.6. The third kappa shape index (κ3) is 5.85. The number of anilines is 1. The zero-order valence-electron chi connectivity index (χ0n) is 19.2. The smallest absolute Gasteiger partial charge is 0.342 e. The maximum Gasteiger partial charge on any atom is 0.342 e. The molecule has 4 rings (SSSR count). The van der Waals surface area contributed by atoms with Crippen molar-refractivity contribution in [3.8, 4) is 17.0 Å². The quantitative estimate of drug-likeness (QED) is 0.358. The molecule has 1 amide bonds. The highest BCUT2D eigenvalue weighted by Crippen LogP contribution is 2.31. The first-order valence-electron chi connectivity index (χ1n) is 10.8. The van der Waals surface area contributed by atoms with E-state index < -0.39 is 18.5 Å². The van der Waals surface area contributed by atoms with Crippen molar-refractivity contribution >= 4 is 29.2 Å². The number of hydrogen-bond donors (Lipinski definition) is 1. The Bertz CT molecular complexity index is 1340. The van der Waals surface area contributed by atoms with E-state index in [4.69, 9.17) is 21.1 Å². The number of pyridine rings is 1. The Labute approximate surface area is 207 Å². The molecule has 0 saturated carbocycles. The molecule has 0 unspecified atom stereocenters. The van der Waals surface area contributed by atoms with Crippen LogP contribution in [0.5, 0.6) is 5.75 Å². The lowest BCUT2D eigenvalue weighted by Gasteiger charge is -2.12. The fourth-order valence-electron chi connectivity index (χ4n) is 3.46. The molecule has 178 valence electrons. The molecule has 0 saturated heterocycles. The van der Waals surface area contributed by atoms with Gasteiger partial charge in [-0.3, -0.25) is 14.5 Å². The summed E-state index contributed by atoms with van der Waals surface area (Å²) in [5.74, 6) is -0.781. The SMILES string of the molecule is COc1cc(Cl)c(C)cc1NC(=O)COC(=O)c1cn(Cc2ccccc2)nc1-c1cccnc1. The van der Waals surface area contributed by atoms with E-state index in [0.29, 0.717) is 34.3 Å². The van der Waals surface area contributed by atoms with Crippen molar-refractivity contribution in [3.05, 3.63) is 94.9 Å². The second-order valence-electron chi connectivity index (χ2n) is 7.74. The van der Waals surface area contributed by atoms with Gasteiger partial charge >= 0.3 is 5.97 Å². The fourth-order valence-corrected chi connectivity index (χ4v) is 3.62. The molecule has 0 aliphatic rings. The number of hydrogen-bond acceptors (Lipinski definition) is 6. The third-order valence-electron chi connectivity index (χ3n) is 5.19. The van der Waals surface area contributed by atoms with Gasteiger partial charge in [0.05, 0.1) is 19.3 Å². The minimum atomic E-state index is -0.669. The largest absolute Gasteiger partial charge is 0.495 e. The van der Waals surface area contributed by atoms with E-state index in [-0.39, 0.29) is 5.56 Å². The molecule has 8 nitrogen and oxygen atoms in total. The van der Waals surface area contributed by atoms with E-state index in [9.17, 15) is 9.59 Å². The predicted octanol–water partition coefficient (Wildman–Crippen LogP) is 4.76. The fraction of sp³-hybridized carbons (Fsp3) is 0.154. The first-order valence-corrected chi connectivity index (χ1v) is 11.1. The van der Waals surface area contributed by atoms with Gasteiger partial charge in [0.2, 0.25) is 0 Å². The summed E-state index contributed by atoms with van der Waals surface area (Å²) in [5, 5.41) is 7.78. The Morgan fingerprint density at radius 3 is 2.63 bits per heavy atom. The molecule has 1 N–H and O–H groups in total. The molecular formula is C26H23ClN4O4. The number of amides is 1. The van der Waals surface area contributed by atoms with Gasteiger partial charge in [0.1, 0.15) is 17.0 Å². The molecule has 0 aliphatic heterocycles. The average Bonchev–Trinajstić information content (AvgIpc) is 3.29. The van der Waals surface area contributed by atoms with Crippen LogP contribution in [0.25, 0.3) is 11.3 Å². The van der Waals surface area contributed by atoms with Crippen molar-refractivity contribution in [3.63, 3.8) is 0 Å². The number of nitrogens with zero attached hydrogens (tertiary/aromatic N) is 3. The standard InChI is InChI=1S/C26H23ClN4O4/c1-17-11-22(23(34-2)12-21(17)27)29-24(32)16-35-26(33)20-15-31(14-18-7-4-3-5-8-18)30-25(20)19-9-6-10-28-13-19/h3-13,15H,14,16H2,1-2H3,(H,29,32). The minimum Gasteiger partial charge on any atom is -0.495 e. The Morgan fingerprint density at radius 2 is 1.91 bits per heavy atom. The zero-order valence-corrected chi connectivity index (χ0v) is 20.0. The Morgan fingerprint density at radius 1 is 1.11 bits per heavy atom. The van der Waals surface area contributed by atoms with Crippen LogP contribution in [0.4, 0.5) is 5.69 Å². The third-order valence-corrected chi connectivity index (χ3v) is 5.60. The molecule has 0 atom stereocenters. The van der Waals surface area contributed by atoms with Crippen molar-refractivity contribution in [1.29, 1.82) is 0 Å². The number of benzene rings is 2. The van der Waals surface area contributed by atoms with E-state index in [1.165, 1.54) is 7.11 Å². The number of carbonyl (C=O) groups is 2. The van der Waals surface area contributed by atoms with Crippen LogP contribution in [0.3, 0.4) is 0 Å². The molecular weight excluding hydrogens is 468 g/mol. The lowest BCUT2D eigenvalue weighted by molar-refractivity contribution is -0.119. The van der Waals surface area contributed by atoms with Gasteiger partial charge in [-0.25, -0.2) is 4.79 Å². The molecule has 35 heavy (non-hydrogen) atoms. The summed E-state index contributed by atoms with van der Waals surface area (Å²) < 4.78 is 12.3. The molecule has 0 fully saturated rings. The van der Waals surface area contributed by atoms with Crippen LogP contribution in [0.1, 0.15) is 21.5 Å². The van der Waals surface area contributed by atoms with E-state index >= 15 is 0 Å². The summed E-state index contributed by atoms with van der Waals surface area (Å²) in [6, 6.07) is 16.6. The highest BCUT2D eigenvalue weighted by atomic mass is 35.5. The first-order chi connectivity index (χ1) is 16.9. The summed E-state index contributed by atoms with van der Waals surface area (Å²) in [6.45, 7) is 1.79. The Balaban J connectivity index is 1.50. The number of esters is 1. The van der Waals surface area contributed by atoms with Gasteiger partial charge in [-0.2, -0.15) is 5.10 Å². The minimum absolute atomic E-state index is 0.238. The molecule has 2 aromatic heterocycles. The Kier molecular flexibility index (Phi) is 7.42. The van der Waals surface area contributed by atoms with E-state index in [1.54, 1.807) is 47.5 Å². The molecule has 2 heterocycles. The second-order valence-corrected chi connectivity index (χ2v) is 8.15. The van der Waals surface area contributed by atoms with Crippen LogP contribution < -0.4 is 10.1 Å². The normalized spacial score (nSPS) is 10.6. The zero-order chi connectivity index (χ0) is 24.8. The highest BCUT2D eigenvalue weighted by Gasteiger charge is 2.21. The average molecular weight is 491 g/mol. The molecule has 0 aliphatic carbocycles. The van der Waals surface area contributed by atoms with Gasteiger partial charge in [0.15, 0.2) is 6.61 Å².